The Morgan fingerprint density at radius 3 is 2.53 bits per heavy atom. The normalized spacial score (nSPS) is 10.6. The van der Waals surface area contributed by atoms with E-state index in [-0.39, 0.29) is 0 Å². The summed E-state index contributed by atoms with van der Waals surface area (Å²) < 4.78 is 0. The molecule has 0 bridgehead atoms. The van der Waals surface area contributed by atoms with Crippen LogP contribution in [0.25, 0.3) is 0 Å². The molecule has 0 spiro atoms. The molecule has 1 aromatic carbocycles. The average molecular weight is 208 g/mol. The molecule has 0 atom stereocenters. The molecule has 0 aliphatic rings. The quantitative estimate of drug-likeness (QED) is 0.502. The first kappa shape index (κ1) is 11.7. The molecule has 0 radical (unpaired) electrons. The third-order valence-electron chi connectivity index (χ3n) is 2.20. The zero-order valence-corrected chi connectivity index (χ0v) is 9.46. The minimum atomic E-state index is 0.632. The van der Waals surface area contributed by atoms with Crippen molar-refractivity contribution in [3.8, 4) is 0 Å². The molecule has 0 unspecified atom stereocenters. The van der Waals surface area contributed by atoms with Crippen molar-refractivity contribution < 1.29 is 0 Å². The molecule has 0 saturated heterocycles. The van der Waals surface area contributed by atoms with Gasteiger partial charge in [-0.3, -0.25) is 0 Å². The van der Waals surface area contributed by atoms with E-state index in [0.29, 0.717) is 11.4 Å². The van der Waals surface area contributed by atoms with E-state index in [9.17, 15) is 0 Å². The summed E-state index contributed by atoms with van der Waals surface area (Å²) in [5, 5.41) is 3.31. The van der Waals surface area contributed by atoms with Gasteiger partial charge >= 0.3 is 0 Å². The molecule has 0 aliphatic carbocycles. The number of nitrogen functional groups attached to an aromatic ring is 2. The lowest BCUT2D eigenvalue weighted by Gasteiger charge is -2.11. The lowest BCUT2D eigenvalue weighted by atomic mass is 10.2. The van der Waals surface area contributed by atoms with Gasteiger partial charge in [0, 0.05) is 12.2 Å². The van der Waals surface area contributed by atoms with E-state index in [4.69, 9.17) is 11.5 Å². The number of anilines is 3. The summed E-state index contributed by atoms with van der Waals surface area (Å²) in [5.41, 5.74) is 13.6. The van der Waals surface area contributed by atoms with Crippen molar-refractivity contribution in [2.45, 2.75) is 6.42 Å². The van der Waals surface area contributed by atoms with Gasteiger partial charge in [0.25, 0.3) is 0 Å². The number of benzene rings is 1. The van der Waals surface area contributed by atoms with Crippen LogP contribution in [0, 0.1) is 0 Å². The third kappa shape index (κ3) is 4.08. The molecule has 0 aromatic heterocycles. The summed E-state index contributed by atoms with van der Waals surface area (Å²) in [4.78, 5) is 2.17. The van der Waals surface area contributed by atoms with E-state index in [1.807, 2.05) is 18.2 Å². The number of nitrogens with zero attached hydrogens (tertiary/aromatic N) is 1. The van der Waals surface area contributed by atoms with Crippen LogP contribution >= 0.6 is 0 Å². The topological polar surface area (TPSA) is 67.3 Å². The highest BCUT2D eigenvalue weighted by Crippen LogP contribution is 2.19. The standard InChI is InChI=1S/C11H20N4/c1-15(2)7-3-6-14-9-4-5-10(12)11(13)8-9/h4-5,8,14H,3,6-7,12-13H2,1-2H3. The largest absolute Gasteiger partial charge is 0.397 e. The smallest absolute Gasteiger partial charge is 0.0568 e. The Morgan fingerprint density at radius 2 is 1.93 bits per heavy atom. The summed E-state index contributed by atoms with van der Waals surface area (Å²) in [7, 11) is 4.14. The van der Waals surface area contributed by atoms with Crippen molar-refractivity contribution in [3.05, 3.63) is 18.2 Å². The second-order valence-corrected chi connectivity index (χ2v) is 3.93. The highest BCUT2D eigenvalue weighted by Gasteiger charge is 1.96. The van der Waals surface area contributed by atoms with Gasteiger partial charge in [0.2, 0.25) is 0 Å². The van der Waals surface area contributed by atoms with Gasteiger partial charge in [-0.15, -0.1) is 0 Å². The summed E-state index contributed by atoms with van der Waals surface area (Å²) in [6.07, 6.45) is 1.11. The van der Waals surface area contributed by atoms with E-state index in [0.717, 1.165) is 25.2 Å². The van der Waals surface area contributed by atoms with Crippen LogP contribution in [-0.2, 0) is 0 Å². The molecule has 4 heteroatoms. The maximum atomic E-state index is 5.70. The van der Waals surface area contributed by atoms with E-state index in [1.54, 1.807) is 0 Å². The SMILES string of the molecule is CN(C)CCCNc1ccc(N)c(N)c1. The molecule has 0 fully saturated rings. The molecule has 0 saturated carbocycles. The molecule has 1 aromatic rings. The van der Waals surface area contributed by atoms with Gasteiger partial charge in [-0.25, -0.2) is 0 Å². The zero-order valence-electron chi connectivity index (χ0n) is 9.46. The number of nitrogens with one attached hydrogen (secondary N) is 1. The molecule has 15 heavy (non-hydrogen) atoms. The van der Waals surface area contributed by atoms with Crippen LogP contribution in [0.4, 0.5) is 17.1 Å². The van der Waals surface area contributed by atoms with E-state index >= 15 is 0 Å². The number of hydrogen-bond donors (Lipinski definition) is 3. The van der Waals surface area contributed by atoms with Crippen LogP contribution in [0.2, 0.25) is 0 Å². The van der Waals surface area contributed by atoms with Crippen molar-refractivity contribution in [2.24, 2.45) is 0 Å². The van der Waals surface area contributed by atoms with Crippen molar-refractivity contribution in [2.75, 3.05) is 44.0 Å². The van der Waals surface area contributed by atoms with Gasteiger partial charge in [-0.2, -0.15) is 0 Å². The summed E-state index contributed by atoms with van der Waals surface area (Å²) >= 11 is 0. The second kappa shape index (κ2) is 5.46. The highest BCUT2D eigenvalue weighted by molar-refractivity contribution is 5.69. The minimum absolute atomic E-state index is 0.632. The van der Waals surface area contributed by atoms with E-state index in [2.05, 4.69) is 24.3 Å². The molecule has 4 nitrogen and oxygen atoms in total. The fourth-order valence-electron chi connectivity index (χ4n) is 1.31. The second-order valence-electron chi connectivity index (χ2n) is 3.93. The summed E-state index contributed by atoms with van der Waals surface area (Å²) in [5.74, 6) is 0. The van der Waals surface area contributed by atoms with Crippen molar-refractivity contribution >= 4 is 17.1 Å². The van der Waals surface area contributed by atoms with Crippen LogP contribution in [0.15, 0.2) is 18.2 Å². The van der Waals surface area contributed by atoms with Gasteiger partial charge < -0.3 is 21.7 Å². The fourth-order valence-corrected chi connectivity index (χ4v) is 1.31. The van der Waals surface area contributed by atoms with E-state index < -0.39 is 0 Å². The highest BCUT2D eigenvalue weighted by atomic mass is 15.1. The third-order valence-corrected chi connectivity index (χ3v) is 2.20. The Balaban J connectivity index is 2.35. The van der Waals surface area contributed by atoms with Gasteiger partial charge in [-0.05, 0) is 45.3 Å². The average Bonchev–Trinajstić information content (AvgIpc) is 2.18. The molecule has 1 rings (SSSR count). The summed E-state index contributed by atoms with van der Waals surface area (Å²) in [6, 6.07) is 5.63. The first-order valence-corrected chi connectivity index (χ1v) is 5.13. The lowest BCUT2D eigenvalue weighted by Crippen LogP contribution is -2.16. The molecule has 0 amide bonds. The fraction of sp³-hybridized carbons (Fsp3) is 0.455. The minimum Gasteiger partial charge on any atom is -0.397 e. The van der Waals surface area contributed by atoms with Crippen LogP contribution in [-0.4, -0.2) is 32.1 Å². The molecule has 84 valence electrons. The van der Waals surface area contributed by atoms with Gasteiger partial charge in [-0.1, -0.05) is 0 Å². The van der Waals surface area contributed by atoms with Crippen LogP contribution in [0.3, 0.4) is 0 Å². The first-order chi connectivity index (χ1) is 7.09. The number of hydrogen-bond acceptors (Lipinski definition) is 4. The van der Waals surface area contributed by atoms with Crippen molar-refractivity contribution in [3.63, 3.8) is 0 Å². The molecule has 0 heterocycles. The van der Waals surface area contributed by atoms with Crippen molar-refractivity contribution in [1.29, 1.82) is 0 Å². The first-order valence-electron chi connectivity index (χ1n) is 5.13. The predicted molar refractivity (Wildman–Crippen MR) is 66.9 cm³/mol. The summed E-state index contributed by atoms with van der Waals surface area (Å²) in [6.45, 7) is 2.03. The van der Waals surface area contributed by atoms with Crippen LogP contribution < -0.4 is 16.8 Å². The monoisotopic (exact) mass is 208 g/mol. The van der Waals surface area contributed by atoms with Crippen molar-refractivity contribution in [1.82, 2.24) is 4.90 Å². The molecule has 5 N–H and O–H groups in total. The molecular formula is C11H20N4. The zero-order chi connectivity index (χ0) is 11.3. The van der Waals surface area contributed by atoms with E-state index in [1.165, 1.54) is 0 Å². The predicted octanol–water partition coefficient (Wildman–Crippen LogP) is 1.21. The Morgan fingerprint density at radius 1 is 1.20 bits per heavy atom. The molecular weight excluding hydrogens is 188 g/mol. The lowest BCUT2D eigenvalue weighted by molar-refractivity contribution is 0.405. The van der Waals surface area contributed by atoms with Crippen LogP contribution in [0.5, 0.6) is 0 Å². The molecule has 0 aliphatic heterocycles. The Bertz CT molecular complexity index is 309. The van der Waals surface area contributed by atoms with Crippen LogP contribution in [0.1, 0.15) is 6.42 Å². The van der Waals surface area contributed by atoms with Gasteiger partial charge in [0.1, 0.15) is 0 Å². The number of rotatable bonds is 5. The Kier molecular flexibility index (Phi) is 4.24. The Hall–Kier alpha value is -1.42. The maximum absolute atomic E-state index is 5.70. The number of nitrogens with two attached hydrogens (primary N) is 2. The van der Waals surface area contributed by atoms with Gasteiger partial charge in [0.15, 0.2) is 0 Å². The maximum Gasteiger partial charge on any atom is 0.0568 e. The van der Waals surface area contributed by atoms with Gasteiger partial charge in [0.05, 0.1) is 11.4 Å². The Labute approximate surface area is 91.2 Å².